The first-order valence-electron chi connectivity index (χ1n) is 7.03. The summed E-state index contributed by atoms with van der Waals surface area (Å²) in [7, 11) is 0. The van der Waals surface area contributed by atoms with Crippen molar-refractivity contribution in [2.75, 3.05) is 0 Å². The van der Waals surface area contributed by atoms with Gasteiger partial charge in [0.25, 0.3) is 5.91 Å². The standard InChI is InChI=1S/C16H23BrN2O/c1-15(2)9-13(10-16(3,4)19-15)18-14(20)11-5-7-12(17)8-6-11/h5-8,13,19H,9-10H2,1-4H3,(H,18,20). The minimum atomic E-state index is 0.0102. The van der Waals surface area contributed by atoms with Crippen molar-refractivity contribution in [1.29, 1.82) is 0 Å². The van der Waals surface area contributed by atoms with E-state index in [2.05, 4.69) is 54.3 Å². The summed E-state index contributed by atoms with van der Waals surface area (Å²) < 4.78 is 0.984. The molecule has 1 aromatic carbocycles. The average Bonchev–Trinajstić information content (AvgIpc) is 2.25. The first-order chi connectivity index (χ1) is 9.17. The number of hydrogen-bond acceptors (Lipinski definition) is 2. The predicted molar refractivity (Wildman–Crippen MR) is 85.9 cm³/mol. The second-order valence-electron chi connectivity index (χ2n) is 6.98. The molecule has 3 nitrogen and oxygen atoms in total. The summed E-state index contributed by atoms with van der Waals surface area (Å²) in [6.45, 7) is 8.75. The van der Waals surface area contributed by atoms with Gasteiger partial charge in [0, 0.05) is 27.2 Å². The van der Waals surface area contributed by atoms with Crippen molar-refractivity contribution in [2.45, 2.75) is 57.7 Å². The van der Waals surface area contributed by atoms with Crippen LogP contribution < -0.4 is 10.6 Å². The summed E-state index contributed by atoms with van der Waals surface area (Å²) in [5.41, 5.74) is 0.793. The zero-order valence-electron chi connectivity index (χ0n) is 12.6. The molecule has 0 atom stereocenters. The lowest BCUT2D eigenvalue weighted by Crippen LogP contribution is -2.62. The van der Waals surface area contributed by atoms with E-state index in [4.69, 9.17) is 0 Å². The van der Waals surface area contributed by atoms with Gasteiger partial charge < -0.3 is 10.6 Å². The molecule has 1 saturated heterocycles. The molecule has 1 aromatic rings. The Bertz CT molecular complexity index is 478. The quantitative estimate of drug-likeness (QED) is 0.866. The van der Waals surface area contributed by atoms with Gasteiger partial charge in [-0.3, -0.25) is 4.79 Å². The predicted octanol–water partition coefficient (Wildman–Crippen LogP) is 3.49. The molecule has 2 rings (SSSR count). The summed E-state index contributed by atoms with van der Waals surface area (Å²) in [6.07, 6.45) is 1.89. The van der Waals surface area contributed by atoms with Crippen LogP contribution in [0.1, 0.15) is 50.9 Å². The van der Waals surface area contributed by atoms with E-state index in [1.165, 1.54) is 0 Å². The van der Waals surface area contributed by atoms with Crippen molar-refractivity contribution in [2.24, 2.45) is 0 Å². The van der Waals surface area contributed by atoms with Crippen molar-refractivity contribution in [1.82, 2.24) is 10.6 Å². The summed E-state index contributed by atoms with van der Waals surface area (Å²) in [5.74, 6) is 0.0102. The van der Waals surface area contributed by atoms with Crippen molar-refractivity contribution in [3.05, 3.63) is 34.3 Å². The molecule has 0 spiro atoms. The molecule has 1 heterocycles. The Labute approximate surface area is 129 Å². The van der Waals surface area contributed by atoms with Crippen LogP contribution in [0.2, 0.25) is 0 Å². The third kappa shape index (κ3) is 4.06. The van der Waals surface area contributed by atoms with Gasteiger partial charge in [-0.15, -0.1) is 0 Å². The maximum Gasteiger partial charge on any atom is 0.251 e. The number of nitrogens with one attached hydrogen (secondary N) is 2. The molecule has 0 saturated carbocycles. The summed E-state index contributed by atoms with van der Waals surface area (Å²) in [6, 6.07) is 7.68. The molecule has 20 heavy (non-hydrogen) atoms. The molecule has 4 heteroatoms. The van der Waals surface area contributed by atoms with Crippen LogP contribution >= 0.6 is 15.9 Å². The molecule has 2 N–H and O–H groups in total. The Hall–Kier alpha value is -0.870. The lowest BCUT2D eigenvalue weighted by Gasteiger charge is -2.46. The third-order valence-corrected chi connectivity index (χ3v) is 4.16. The van der Waals surface area contributed by atoms with Crippen LogP contribution in [0, 0.1) is 0 Å². The highest BCUT2D eigenvalue weighted by atomic mass is 79.9. The molecule has 1 aliphatic rings. The van der Waals surface area contributed by atoms with E-state index in [9.17, 15) is 4.79 Å². The average molecular weight is 339 g/mol. The molecule has 0 unspecified atom stereocenters. The van der Waals surface area contributed by atoms with Crippen molar-refractivity contribution < 1.29 is 4.79 Å². The third-order valence-electron chi connectivity index (χ3n) is 3.63. The fraction of sp³-hybridized carbons (Fsp3) is 0.562. The first-order valence-corrected chi connectivity index (χ1v) is 7.82. The molecule has 1 amide bonds. The summed E-state index contributed by atoms with van der Waals surface area (Å²) >= 11 is 3.38. The Balaban J connectivity index is 2.05. The molecular weight excluding hydrogens is 316 g/mol. The van der Waals surface area contributed by atoms with Gasteiger partial charge in [0.05, 0.1) is 0 Å². The highest BCUT2D eigenvalue weighted by Crippen LogP contribution is 2.28. The Kier molecular flexibility index (Phi) is 4.26. The number of carbonyl (C=O) groups excluding carboxylic acids is 1. The maximum atomic E-state index is 12.3. The Morgan fingerprint density at radius 1 is 1.15 bits per heavy atom. The van der Waals surface area contributed by atoms with E-state index in [0.29, 0.717) is 5.56 Å². The van der Waals surface area contributed by atoms with Gasteiger partial charge in [-0.05, 0) is 64.8 Å². The van der Waals surface area contributed by atoms with Crippen LogP contribution in [0.4, 0.5) is 0 Å². The van der Waals surface area contributed by atoms with Crippen LogP contribution in [-0.2, 0) is 0 Å². The minimum Gasteiger partial charge on any atom is -0.349 e. The number of piperidine rings is 1. The smallest absolute Gasteiger partial charge is 0.251 e. The van der Waals surface area contributed by atoms with Crippen molar-refractivity contribution >= 4 is 21.8 Å². The number of hydrogen-bond donors (Lipinski definition) is 2. The van der Waals surface area contributed by atoms with E-state index in [1.54, 1.807) is 0 Å². The van der Waals surface area contributed by atoms with Crippen molar-refractivity contribution in [3.63, 3.8) is 0 Å². The number of benzene rings is 1. The van der Waals surface area contributed by atoms with Gasteiger partial charge in [0.15, 0.2) is 0 Å². The fourth-order valence-electron chi connectivity index (χ4n) is 3.29. The number of carbonyl (C=O) groups is 1. The van der Waals surface area contributed by atoms with Crippen LogP contribution in [0.3, 0.4) is 0 Å². The highest BCUT2D eigenvalue weighted by molar-refractivity contribution is 9.10. The molecule has 1 fully saturated rings. The lowest BCUT2D eigenvalue weighted by molar-refractivity contribution is 0.0873. The Morgan fingerprint density at radius 2 is 1.65 bits per heavy atom. The zero-order chi connectivity index (χ0) is 15.0. The Morgan fingerprint density at radius 3 is 2.15 bits per heavy atom. The van der Waals surface area contributed by atoms with Crippen LogP contribution in [-0.4, -0.2) is 23.0 Å². The van der Waals surface area contributed by atoms with Crippen LogP contribution in [0.25, 0.3) is 0 Å². The second-order valence-corrected chi connectivity index (χ2v) is 7.89. The van der Waals surface area contributed by atoms with E-state index in [1.807, 2.05) is 24.3 Å². The van der Waals surface area contributed by atoms with Crippen molar-refractivity contribution in [3.8, 4) is 0 Å². The highest BCUT2D eigenvalue weighted by Gasteiger charge is 2.38. The largest absolute Gasteiger partial charge is 0.349 e. The SMILES string of the molecule is CC1(C)CC(NC(=O)c2ccc(Br)cc2)CC(C)(C)N1. The van der Waals surface area contributed by atoms with E-state index >= 15 is 0 Å². The number of amides is 1. The fourth-order valence-corrected chi connectivity index (χ4v) is 3.56. The summed E-state index contributed by atoms with van der Waals surface area (Å²) in [4.78, 5) is 12.3. The number of halogens is 1. The van der Waals surface area contributed by atoms with Gasteiger partial charge in [-0.1, -0.05) is 15.9 Å². The molecule has 1 aliphatic heterocycles. The van der Waals surface area contributed by atoms with E-state index < -0.39 is 0 Å². The first kappa shape index (κ1) is 15.5. The van der Waals surface area contributed by atoms with Gasteiger partial charge in [-0.2, -0.15) is 0 Å². The summed E-state index contributed by atoms with van der Waals surface area (Å²) in [5, 5.41) is 6.80. The minimum absolute atomic E-state index is 0.0102. The lowest BCUT2D eigenvalue weighted by atomic mass is 9.79. The van der Waals surface area contributed by atoms with Gasteiger partial charge in [-0.25, -0.2) is 0 Å². The molecule has 0 aromatic heterocycles. The normalized spacial score (nSPS) is 21.4. The zero-order valence-corrected chi connectivity index (χ0v) is 14.2. The van der Waals surface area contributed by atoms with Gasteiger partial charge in [0.1, 0.15) is 0 Å². The number of rotatable bonds is 2. The van der Waals surface area contributed by atoms with Gasteiger partial charge >= 0.3 is 0 Å². The van der Waals surface area contributed by atoms with Crippen LogP contribution in [0.15, 0.2) is 28.7 Å². The van der Waals surface area contributed by atoms with Crippen LogP contribution in [0.5, 0.6) is 0 Å². The topological polar surface area (TPSA) is 41.1 Å². The molecule has 110 valence electrons. The maximum absolute atomic E-state index is 12.3. The molecular formula is C16H23BrN2O. The second kappa shape index (κ2) is 5.49. The van der Waals surface area contributed by atoms with E-state index in [0.717, 1.165) is 17.3 Å². The van der Waals surface area contributed by atoms with Gasteiger partial charge in [0.2, 0.25) is 0 Å². The molecule has 0 bridgehead atoms. The van der Waals surface area contributed by atoms with E-state index in [-0.39, 0.29) is 23.0 Å². The molecule has 0 radical (unpaired) electrons. The molecule has 0 aliphatic carbocycles. The monoisotopic (exact) mass is 338 g/mol.